The molecule has 0 aliphatic heterocycles. The van der Waals surface area contributed by atoms with E-state index < -0.39 is 0 Å². The van der Waals surface area contributed by atoms with Crippen LogP contribution >= 0.6 is 15.9 Å². The van der Waals surface area contributed by atoms with Crippen LogP contribution < -0.4 is 5.32 Å². The van der Waals surface area contributed by atoms with Gasteiger partial charge in [-0.3, -0.25) is 4.98 Å². The maximum atomic E-state index is 4.32. The lowest BCUT2D eigenvalue weighted by molar-refractivity contribution is 0.762. The zero-order valence-electron chi connectivity index (χ0n) is 9.26. The van der Waals surface area contributed by atoms with E-state index in [-0.39, 0.29) is 0 Å². The highest BCUT2D eigenvalue weighted by Crippen LogP contribution is 2.11. The minimum atomic E-state index is 0.949. The van der Waals surface area contributed by atoms with Gasteiger partial charge in [0.05, 0.1) is 5.69 Å². The van der Waals surface area contributed by atoms with Gasteiger partial charge in [0.15, 0.2) is 0 Å². The summed E-state index contributed by atoms with van der Waals surface area (Å²) >= 11 is 3.38. The van der Waals surface area contributed by atoms with Crippen molar-refractivity contribution < 1.29 is 0 Å². The number of rotatable bonds is 5. The number of halogens is 1. The van der Waals surface area contributed by atoms with Gasteiger partial charge in [-0.2, -0.15) is 0 Å². The lowest BCUT2D eigenvalue weighted by atomic mass is 10.1. The second-order valence-electron chi connectivity index (χ2n) is 3.34. The molecular weight excluding hydrogens is 252 g/mol. The van der Waals surface area contributed by atoms with Crippen LogP contribution in [-0.4, -0.2) is 18.1 Å². The van der Waals surface area contributed by atoms with Crippen molar-refractivity contribution in [2.75, 3.05) is 13.1 Å². The topological polar surface area (TPSA) is 24.9 Å². The summed E-state index contributed by atoms with van der Waals surface area (Å²) in [6.07, 6.45) is 5.03. The number of aromatic nitrogens is 1. The van der Waals surface area contributed by atoms with E-state index in [9.17, 15) is 0 Å². The zero-order chi connectivity index (χ0) is 11.1. The van der Waals surface area contributed by atoms with Gasteiger partial charge in [-0.1, -0.05) is 19.4 Å². The van der Waals surface area contributed by atoms with Crippen molar-refractivity contribution in [2.45, 2.75) is 20.3 Å². The number of nitrogens with one attached hydrogen (secondary N) is 1. The monoisotopic (exact) mass is 268 g/mol. The van der Waals surface area contributed by atoms with Crippen molar-refractivity contribution in [3.05, 3.63) is 34.1 Å². The van der Waals surface area contributed by atoms with Gasteiger partial charge in [0, 0.05) is 17.2 Å². The predicted molar refractivity (Wildman–Crippen MR) is 68.7 cm³/mol. The van der Waals surface area contributed by atoms with E-state index in [0.717, 1.165) is 29.7 Å². The van der Waals surface area contributed by atoms with Crippen LogP contribution in [0.1, 0.15) is 26.0 Å². The Hall–Kier alpha value is -0.670. The molecule has 82 valence electrons. The molecule has 0 amide bonds. The van der Waals surface area contributed by atoms with E-state index in [1.165, 1.54) is 5.57 Å². The average Bonchev–Trinajstić information content (AvgIpc) is 2.27. The second kappa shape index (κ2) is 6.75. The van der Waals surface area contributed by atoms with Crippen molar-refractivity contribution in [1.29, 1.82) is 0 Å². The lowest BCUT2D eigenvalue weighted by Crippen LogP contribution is -2.15. The van der Waals surface area contributed by atoms with Gasteiger partial charge in [0.25, 0.3) is 0 Å². The third kappa shape index (κ3) is 4.58. The molecule has 0 radical (unpaired) electrons. The first-order valence-corrected chi connectivity index (χ1v) is 6.07. The molecule has 0 aliphatic rings. The Labute approximate surface area is 99.9 Å². The van der Waals surface area contributed by atoms with Gasteiger partial charge >= 0.3 is 0 Å². The van der Waals surface area contributed by atoms with Crippen molar-refractivity contribution in [3.63, 3.8) is 0 Å². The first-order chi connectivity index (χ1) is 7.26. The standard InChI is InChI=1S/C12H17BrN2/c1-3-10(8-14-4-2)7-12-6-5-11(13)9-15-12/h5-7,9,14H,3-4,8H2,1-2H3/b10-7+. The van der Waals surface area contributed by atoms with Crippen LogP contribution in [0, 0.1) is 0 Å². The molecule has 1 heterocycles. The molecular formula is C12H17BrN2. The summed E-state index contributed by atoms with van der Waals surface area (Å²) in [6, 6.07) is 4.03. The first kappa shape index (κ1) is 12.4. The van der Waals surface area contributed by atoms with Gasteiger partial charge in [0.1, 0.15) is 0 Å². The summed E-state index contributed by atoms with van der Waals surface area (Å²) < 4.78 is 1.02. The van der Waals surface area contributed by atoms with Crippen LogP contribution in [0.3, 0.4) is 0 Å². The predicted octanol–water partition coefficient (Wildman–Crippen LogP) is 3.25. The molecule has 0 aliphatic carbocycles. The molecule has 0 spiro atoms. The van der Waals surface area contributed by atoms with E-state index in [1.807, 2.05) is 18.3 Å². The van der Waals surface area contributed by atoms with Gasteiger partial charge in [0.2, 0.25) is 0 Å². The Kier molecular flexibility index (Phi) is 5.58. The van der Waals surface area contributed by atoms with Crippen LogP contribution in [0.4, 0.5) is 0 Å². The third-order valence-electron chi connectivity index (χ3n) is 2.16. The van der Waals surface area contributed by atoms with Crippen molar-refractivity contribution in [1.82, 2.24) is 10.3 Å². The molecule has 2 nitrogen and oxygen atoms in total. The van der Waals surface area contributed by atoms with Crippen LogP contribution in [-0.2, 0) is 0 Å². The van der Waals surface area contributed by atoms with Gasteiger partial charge < -0.3 is 5.32 Å². The molecule has 15 heavy (non-hydrogen) atoms. The number of hydrogen-bond donors (Lipinski definition) is 1. The third-order valence-corrected chi connectivity index (χ3v) is 2.63. The summed E-state index contributed by atoms with van der Waals surface area (Å²) in [6.45, 7) is 6.24. The Morgan fingerprint density at radius 2 is 2.27 bits per heavy atom. The van der Waals surface area contributed by atoms with Crippen LogP contribution in [0.25, 0.3) is 6.08 Å². The fourth-order valence-electron chi connectivity index (χ4n) is 1.25. The number of hydrogen-bond acceptors (Lipinski definition) is 2. The molecule has 0 fully saturated rings. The minimum absolute atomic E-state index is 0.949. The van der Waals surface area contributed by atoms with Gasteiger partial charge in [-0.25, -0.2) is 0 Å². The smallest absolute Gasteiger partial charge is 0.0630 e. The summed E-state index contributed by atoms with van der Waals surface area (Å²) in [4.78, 5) is 4.32. The normalized spacial score (nSPS) is 11.8. The quantitative estimate of drug-likeness (QED) is 0.887. The lowest BCUT2D eigenvalue weighted by Gasteiger charge is -2.04. The van der Waals surface area contributed by atoms with E-state index in [4.69, 9.17) is 0 Å². The highest BCUT2D eigenvalue weighted by Gasteiger charge is 1.95. The maximum Gasteiger partial charge on any atom is 0.0630 e. The number of nitrogens with zero attached hydrogens (tertiary/aromatic N) is 1. The molecule has 0 saturated heterocycles. The maximum absolute atomic E-state index is 4.32. The molecule has 0 unspecified atom stereocenters. The van der Waals surface area contributed by atoms with Crippen LogP contribution in [0.5, 0.6) is 0 Å². The summed E-state index contributed by atoms with van der Waals surface area (Å²) in [5, 5.41) is 3.33. The van der Waals surface area contributed by atoms with Gasteiger partial charge in [-0.05, 0) is 47.1 Å². The molecule has 1 aromatic rings. The fraction of sp³-hybridized carbons (Fsp3) is 0.417. The van der Waals surface area contributed by atoms with Gasteiger partial charge in [-0.15, -0.1) is 0 Å². The molecule has 1 N–H and O–H groups in total. The molecule has 0 aromatic carbocycles. The van der Waals surface area contributed by atoms with Crippen LogP contribution in [0.2, 0.25) is 0 Å². The Bertz CT molecular complexity index is 317. The molecule has 3 heteroatoms. The fourth-order valence-corrected chi connectivity index (χ4v) is 1.48. The highest BCUT2D eigenvalue weighted by molar-refractivity contribution is 9.10. The number of likely N-dealkylation sites (N-methyl/N-ethyl adjacent to an activating group) is 1. The molecule has 1 aromatic heterocycles. The Balaban J connectivity index is 2.69. The largest absolute Gasteiger partial charge is 0.313 e. The average molecular weight is 269 g/mol. The summed E-state index contributed by atoms with van der Waals surface area (Å²) in [5.74, 6) is 0. The Morgan fingerprint density at radius 3 is 2.80 bits per heavy atom. The zero-order valence-corrected chi connectivity index (χ0v) is 10.8. The Morgan fingerprint density at radius 1 is 1.47 bits per heavy atom. The summed E-state index contributed by atoms with van der Waals surface area (Å²) in [7, 11) is 0. The number of pyridine rings is 1. The second-order valence-corrected chi connectivity index (χ2v) is 4.25. The SMILES string of the molecule is CCNC/C(=C/c1ccc(Br)cn1)CC. The minimum Gasteiger partial charge on any atom is -0.313 e. The van der Waals surface area contributed by atoms with E-state index >= 15 is 0 Å². The first-order valence-electron chi connectivity index (χ1n) is 5.28. The molecule has 0 bridgehead atoms. The van der Waals surface area contributed by atoms with Crippen molar-refractivity contribution >= 4 is 22.0 Å². The highest BCUT2D eigenvalue weighted by atomic mass is 79.9. The summed E-state index contributed by atoms with van der Waals surface area (Å²) in [5.41, 5.74) is 2.40. The van der Waals surface area contributed by atoms with Crippen molar-refractivity contribution in [3.8, 4) is 0 Å². The molecule has 1 rings (SSSR count). The van der Waals surface area contributed by atoms with E-state index in [0.29, 0.717) is 0 Å². The van der Waals surface area contributed by atoms with Crippen molar-refractivity contribution in [2.24, 2.45) is 0 Å². The van der Waals surface area contributed by atoms with E-state index in [1.54, 1.807) is 0 Å². The molecule has 0 saturated carbocycles. The van der Waals surface area contributed by atoms with E-state index in [2.05, 4.69) is 46.2 Å². The van der Waals surface area contributed by atoms with Crippen LogP contribution in [0.15, 0.2) is 28.4 Å². The molecule has 0 atom stereocenters.